The lowest BCUT2D eigenvalue weighted by molar-refractivity contribution is 0.460. The Morgan fingerprint density at radius 1 is 1.29 bits per heavy atom. The summed E-state index contributed by atoms with van der Waals surface area (Å²) >= 11 is 0. The Morgan fingerprint density at radius 2 is 2.08 bits per heavy atom. The average molecular weight is 348 g/mol. The van der Waals surface area contributed by atoms with Gasteiger partial charge in [-0.3, -0.25) is 9.67 Å². The van der Waals surface area contributed by atoms with E-state index in [9.17, 15) is 8.42 Å². The van der Waals surface area contributed by atoms with Crippen molar-refractivity contribution >= 4 is 10.0 Å². The topological polar surface area (TPSA) is 68.1 Å². The molecular formula is C17H24N4O2S. The smallest absolute Gasteiger partial charge is 0.211 e. The molecule has 2 aromatic heterocycles. The number of hydrogen-bond donors (Lipinski definition) is 0. The van der Waals surface area contributed by atoms with Crippen LogP contribution in [0.5, 0.6) is 0 Å². The highest BCUT2D eigenvalue weighted by molar-refractivity contribution is 7.88. The summed E-state index contributed by atoms with van der Waals surface area (Å²) in [5.41, 5.74) is 3.12. The highest BCUT2D eigenvalue weighted by Crippen LogP contribution is 2.25. The van der Waals surface area contributed by atoms with Crippen LogP contribution < -0.4 is 0 Å². The lowest BCUT2D eigenvalue weighted by Crippen LogP contribution is -2.27. The fourth-order valence-corrected chi connectivity index (χ4v) is 4.19. The van der Waals surface area contributed by atoms with Crippen molar-refractivity contribution in [2.24, 2.45) is 5.92 Å². The molecule has 0 spiro atoms. The number of hydrogen-bond acceptors (Lipinski definition) is 4. The van der Waals surface area contributed by atoms with Crippen LogP contribution in [0.4, 0.5) is 0 Å². The summed E-state index contributed by atoms with van der Waals surface area (Å²) in [6.45, 7) is 5.43. The lowest BCUT2D eigenvalue weighted by atomic mass is 9.98. The van der Waals surface area contributed by atoms with E-state index in [0.29, 0.717) is 19.0 Å². The van der Waals surface area contributed by atoms with Crippen LogP contribution in [0.3, 0.4) is 0 Å². The monoisotopic (exact) mass is 348 g/mol. The third-order valence-corrected chi connectivity index (χ3v) is 5.76. The molecule has 130 valence electrons. The minimum atomic E-state index is -3.08. The molecule has 1 fully saturated rings. The number of rotatable bonds is 5. The highest BCUT2D eigenvalue weighted by Gasteiger charge is 2.28. The zero-order chi connectivity index (χ0) is 17.3. The van der Waals surface area contributed by atoms with Gasteiger partial charge in [0.25, 0.3) is 0 Å². The van der Waals surface area contributed by atoms with Crippen molar-refractivity contribution in [1.29, 1.82) is 0 Å². The van der Waals surface area contributed by atoms with Gasteiger partial charge in [0.1, 0.15) is 0 Å². The van der Waals surface area contributed by atoms with E-state index in [0.717, 1.165) is 24.2 Å². The molecule has 0 bridgehead atoms. The number of aromatic nitrogens is 3. The van der Waals surface area contributed by atoms with Gasteiger partial charge in [-0.15, -0.1) is 0 Å². The van der Waals surface area contributed by atoms with E-state index in [-0.39, 0.29) is 6.04 Å². The SMILES string of the molecule is CC(C)n1nccc1-c1cc(CC2CCN(S(C)(=O)=O)C2)ccn1. The maximum Gasteiger partial charge on any atom is 0.211 e. The molecule has 0 aromatic carbocycles. The molecule has 1 aliphatic heterocycles. The van der Waals surface area contributed by atoms with Crippen molar-refractivity contribution in [2.45, 2.75) is 32.7 Å². The zero-order valence-electron chi connectivity index (χ0n) is 14.4. The molecule has 1 atom stereocenters. The standard InChI is InChI=1S/C17H24N4O2S/c1-13(2)21-17(5-8-19-21)16-11-14(4-7-18-16)10-15-6-9-20(12-15)24(3,22)23/h4-5,7-8,11,13,15H,6,9-10,12H2,1-3H3. The summed E-state index contributed by atoms with van der Waals surface area (Å²) in [7, 11) is -3.08. The van der Waals surface area contributed by atoms with Crippen LogP contribution in [0.1, 0.15) is 31.9 Å². The van der Waals surface area contributed by atoms with Crippen molar-refractivity contribution in [3.63, 3.8) is 0 Å². The van der Waals surface area contributed by atoms with Crippen LogP contribution in [0.2, 0.25) is 0 Å². The van der Waals surface area contributed by atoms with Gasteiger partial charge < -0.3 is 0 Å². The van der Waals surface area contributed by atoms with Gasteiger partial charge in [-0.2, -0.15) is 5.10 Å². The minimum Gasteiger partial charge on any atom is -0.261 e. The lowest BCUT2D eigenvalue weighted by Gasteiger charge is -2.14. The van der Waals surface area contributed by atoms with Gasteiger partial charge in [0.15, 0.2) is 0 Å². The fourth-order valence-electron chi connectivity index (χ4n) is 3.27. The predicted octanol–water partition coefficient (Wildman–Crippen LogP) is 2.35. The van der Waals surface area contributed by atoms with E-state index in [1.165, 1.54) is 11.8 Å². The predicted molar refractivity (Wildman–Crippen MR) is 94.1 cm³/mol. The van der Waals surface area contributed by atoms with Crippen LogP contribution in [0.15, 0.2) is 30.6 Å². The van der Waals surface area contributed by atoms with E-state index in [4.69, 9.17) is 0 Å². The first-order valence-electron chi connectivity index (χ1n) is 8.28. The molecule has 1 saturated heterocycles. The highest BCUT2D eigenvalue weighted by atomic mass is 32.2. The van der Waals surface area contributed by atoms with Gasteiger partial charge in [-0.25, -0.2) is 12.7 Å². The van der Waals surface area contributed by atoms with Gasteiger partial charge in [0.05, 0.1) is 17.6 Å². The molecule has 2 aromatic rings. The van der Waals surface area contributed by atoms with E-state index < -0.39 is 10.0 Å². The second-order valence-electron chi connectivity index (χ2n) is 6.78. The van der Waals surface area contributed by atoms with Crippen LogP contribution in [-0.2, 0) is 16.4 Å². The minimum absolute atomic E-state index is 0.276. The Hall–Kier alpha value is -1.73. The van der Waals surface area contributed by atoms with Crippen molar-refractivity contribution < 1.29 is 8.42 Å². The van der Waals surface area contributed by atoms with E-state index >= 15 is 0 Å². The van der Waals surface area contributed by atoms with Gasteiger partial charge in [-0.1, -0.05) is 0 Å². The van der Waals surface area contributed by atoms with Crippen molar-refractivity contribution in [3.05, 3.63) is 36.2 Å². The van der Waals surface area contributed by atoms with Crippen molar-refractivity contribution in [1.82, 2.24) is 19.1 Å². The molecule has 6 nitrogen and oxygen atoms in total. The maximum atomic E-state index is 11.6. The number of pyridine rings is 1. The first kappa shape index (κ1) is 17.1. The molecule has 0 saturated carbocycles. The van der Waals surface area contributed by atoms with Crippen molar-refractivity contribution in [2.75, 3.05) is 19.3 Å². The van der Waals surface area contributed by atoms with E-state index in [2.05, 4.69) is 30.0 Å². The van der Waals surface area contributed by atoms with E-state index in [1.807, 2.05) is 23.0 Å². The maximum absolute atomic E-state index is 11.6. The van der Waals surface area contributed by atoms with Crippen LogP contribution >= 0.6 is 0 Å². The van der Waals surface area contributed by atoms with Gasteiger partial charge >= 0.3 is 0 Å². The van der Waals surface area contributed by atoms with Crippen LogP contribution in [0, 0.1) is 5.92 Å². The molecule has 1 unspecified atom stereocenters. The Balaban J connectivity index is 1.76. The third-order valence-electron chi connectivity index (χ3n) is 4.49. The number of sulfonamides is 1. The zero-order valence-corrected chi connectivity index (χ0v) is 15.2. The van der Waals surface area contributed by atoms with E-state index in [1.54, 1.807) is 10.5 Å². The molecule has 1 aliphatic rings. The molecule has 0 radical (unpaired) electrons. The largest absolute Gasteiger partial charge is 0.261 e. The van der Waals surface area contributed by atoms with Crippen LogP contribution in [-0.4, -0.2) is 46.8 Å². The van der Waals surface area contributed by atoms with Crippen LogP contribution in [0.25, 0.3) is 11.4 Å². The second-order valence-corrected chi connectivity index (χ2v) is 8.77. The normalized spacial score (nSPS) is 19.2. The van der Waals surface area contributed by atoms with Gasteiger partial charge in [-0.05, 0) is 56.4 Å². The Kier molecular flexibility index (Phi) is 4.73. The molecule has 3 rings (SSSR count). The molecule has 7 heteroatoms. The first-order valence-corrected chi connectivity index (χ1v) is 10.1. The summed E-state index contributed by atoms with van der Waals surface area (Å²) in [6.07, 6.45) is 6.69. The van der Waals surface area contributed by atoms with Gasteiger partial charge in [0.2, 0.25) is 10.0 Å². The molecule has 24 heavy (non-hydrogen) atoms. The molecule has 0 N–H and O–H groups in total. The third kappa shape index (κ3) is 3.67. The summed E-state index contributed by atoms with van der Waals surface area (Å²) in [5, 5.41) is 4.37. The molecule has 0 amide bonds. The molecular weight excluding hydrogens is 324 g/mol. The number of nitrogens with zero attached hydrogens (tertiary/aromatic N) is 4. The molecule has 3 heterocycles. The summed E-state index contributed by atoms with van der Waals surface area (Å²) in [4.78, 5) is 4.49. The Bertz CT molecular complexity index is 814. The average Bonchev–Trinajstić information content (AvgIpc) is 3.15. The summed E-state index contributed by atoms with van der Waals surface area (Å²) in [6, 6.07) is 6.37. The quantitative estimate of drug-likeness (QED) is 0.832. The second kappa shape index (κ2) is 6.64. The van der Waals surface area contributed by atoms with Crippen molar-refractivity contribution in [3.8, 4) is 11.4 Å². The first-order chi connectivity index (χ1) is 11.3. The Labute approximate surface area is 143 Å². The van der Waals surface area contributed by atoms with Gasteiger partial charge in [0, 0.05) is 31.5 Å². The Morgan fingerprint density at radius 3 is 2.75 bits per heavy atom. The summed E-state index contributed by atoms with van der Waals surface area (Å²) < 4.78 is 26.8. The molecule has 0 aliphatic carbocycles. The summed E-state index contributed by atoms with van der Waals surface area (Å²) in [5.74, 6) is 0.366. The fraction of sp³-hybridized carbons (Fsp3) is 0.529.